The van der Waals surface area contributed by atoms with E-state index in [4.69, 9.17) is 4.42 Å². The predicted molar refractivity (Wildman–Crippen MR) is 64.0 cm³/mol. The topological polar surface area (TPSA) is 46.3 Å². The monoisotopic (exact) mass is 281 g/mol. The van der Waals surface area contributed by atoms with Gasteiger partial charge in [0, 0.05) is 18.3 Å². The standard InChI is InChI=1S/C12H12BrNO2/c1-8-2-3-9(14-7-8)6-10(15)11-4-5-12(13)16-11/h2-5,7,10,15H,6H2,1H3. The van der Waals surface area contributed by atoms with Crippen molar-refractivity contribution in [1.29, 1.82) is 0 Å². The SMILES string of the molecule is Cc1ccc(CC(O)c2ccc(Br)o2)nc1. The first-order chi connectivity index (χ1) is 7.65. The lowest BCUT2D eigenvalue weighted by molar-refractivity contribution is 0.147. The van der Waals surface area contributed by atoms with Gasteiger partial charge in [-0.15, -0.1) is 0 Å². The third kappa shape index (κ3) is 2.71. The van der Waals surface area contributed by atoms with Gasteiger partial charge in [0.25, 0.3) is 0 Å². The molecule has 0 saturated carbocycles. The molecule has 1 N–H and O–H groups in total. The molecule has 0 bridgehead atoms. The Bertz CT molecular complexity index is 464. The van der Waals surface area contributed by atoms with Gasteiger partial charge in [-0.1, -0.05) is 6.07 Å². The van der Waals surface area contributed by atoms with Crippen LogP contribution in [-0.2, 0) is 6.42 Å². The number of hydrogen-bond acceptors (Lipinski definition) is 3. The van der Waals surface area contributed by atoms with Crippen LogP contribution >= 0.6 is 15.9 Å². The average Bonchev–Trinajstić information content (AvgIpc) is 2.68. The van der Waals surface area contributed by atoms with Crippen LogP contribution in [0.25, 0.3) is 0 Å². The Morgan fingerprint density at radius 2 is 2.19 bits per heavy atom. The fourth-order valence-electron chi connectivity index (χ4n) is 1.43. The first-order valence-corrected chi connectivity index (χ1v) is 5.79. The van der Waals surface area contributed by atoms with Crippen LogP contribution in [0.1, 0.15) is 23.1 Å². The van der Waals surface area contributed by atoms with Crippen LogP contribution in [-0.4, -0.2) is 10.1 Å². The highest BCUT2D eigenvalue weighted by Crippen LogP contribution is 2.22. The van der Waals surface area contributed by atoms with Crippen LogP contribution in [0.5, 0.6) is 0 Å². The summed E-state index contributed by atoms with van der Waals surface area (Å²) in [4.78, 5) is 4.24. The van der Waals surface area contributed by atoms with Crippen molar-refractivity contribution in [3.8, 4) is 0 Å². The largest absolute Gasteiger partial charge is 0.452 e. The number of aliphatic hydroxyl groups is 1. The summed E-state index contributed by atoms with van der Waals surface area (Å²) in [5, 5.41) is 9.90. The molecule has 0 aliphatic rings. The van der Waals surface area contributed by atoms with Crippen molar-refractivity contribution in [3.63, 3.8) is 0 Å². The predicted octanol–water partition coefficient (Wildman–Crippen LogP) is 3.02. The van der Waals surface area contributed by atoms with Crippen LogP contribution < -0.4 is 0 Å². The van der Waals surface area contributed by atoms with Crippen LogP contribution in [0, 0.1) is 6.92 Å². The summed E-state index contributed by atoms with van der Waals surface area (Å²) in [5.74, 6) is 0.550. The zero-order valence-corrected chi connectivity index (χ0v) is 10.4. The molecule has 4 heteroatoms. The van der Waals surface area contributed by atoms with Crippen molar-refractivity contribution in [3.05, 3.63) is 52.1 Å². The van der Waals surface area contributed by atoms with Crippen molar-refractivity contribution in [2.24, 2.45) is 0 Å². The summed E-state index contributed by atoms with van der Waals surface area (Å²) in [6, 6.07) is 7.41. The van der Waals surface area contributed by atoms with E-state index in [9.17, 15) is 5.11 Å². The smallest absolute Gasteiger partial charge is 0.169 e. The van der Waals surface area contributed by atoms with Crippen molar-refractivity contribution >= 4 is 15.9 Å². The fraction of sp³-hybridized carbons (Fsp3) is 0.250. The summed E-state index contributed by atoms with van der Waals surface area (Å²) in [6.45, 7) is 1.98. The number of nitrogens with zero attached hydrogens (tertiary/aromatic N) is 1. The van der Waals surface area contributed by atoms with Crippen molar-refractivity contribution in [1.82, 2.24) is 4.98 Å². The van der Waals surface area contributed by atoms with Crippen molar-refractivity contribution in [2.75, 3.05) is 0 Å². The molecule has 0 aromatic carbocycles. The molecular weight excluding hydrogens is 270 g/mol. The Morgan fingerprint density at radius 1 is 1.38 bits per heavy atom. The molecule has 0 radical (unpaired) electrons. The molecule has 1 atom stereocenters. The Kier molecular flexibility index (Phi) is 3.41. The quantitative estimate of drug-likeness (QED) is 0.941. The summed E-state index contributed by atoms with van der Waals surface area (Å²) in [7, 11) is 0. The maximum absolute atomic E-state index is 9.90. The number of hydrogen-bond donors (Lipinski definition) is 1. The van der Waals surface area contributed by atoms with Gasteiger partial charge in [-0.25, -0.2) is 0 Å². The Hall–Kier alpha value is -1.13. The minimum absolute atomic E-state index is 0.459. The van der Waals surface area contributed by atoms with E-state index >= 15 is 0 Å². The van der Waals surface area contributed by atoms with Gasteiger partial charge in [0.05, 0.1) is 0 Å². The van der Waals surface area contributed by atoms with E-state index < -0.39 is 6.10 Å². The summed E-state index contributed by atoms with van der Waals surface area (Å²) in [5.41, 5.74) is 1.96. The highest BCUT2D eigenvalue weighted by Gasteiger charge is 2.13. The summed E-state index contributed by atoms with van der Waals surface area (Å²) >= 11 is 3.20. The van der Waals surface area contributed by atoms with Gasteiger partial charge in [-0.2, -0.15) is 0 Å². The average molecular weight is 282 g/mol. The van der Waals surface area contributed by atoms with Gasteiger partial charge in [0.15, 0.2) is 4.67 Å². The molecule has 0 aliphatic carbocycles. The second-order valence-electron chi connectivity index (χ2n) is 3.69. The molecule has 0 amide bonds. The number of aliphatic hydroxyl groups excluding tert-OH is 1. The number of halogens is 1. The maximum Gasteiger partial charge on any atom is 0.169 e. The molecule has 0 fully saturated rings. The third-order valence-corrected chi connectivity index (χ3v) is 2.72. The fourth-order valence-corrected chi connectivity index (χ4v) is 1.74. The maximum atomic E-state index is 9.90. The minimum atomic E-state index is -0.651. The Morgan fingerprint density at radius 3 is 2.75 bits per heavy atom. The van der Waals surface area contributed by atoms with Crippen LogP contribution in [0.2, 0.25) is 0 Å². The van der Waals surface area contributed by atoms with Crippen molar-refractivity contribution in [2.45, 2.75) is 19.4 Å². The molecule has 3 nitrogen and oxygen atoms in total. The number of pyridine rings is 1. The molecule has 0 spiro atoms. The number of furan rings is 1. The lowest BCUT2D eigenvalue weighted by Crippen LogP contribution is -2.02. The third-order valence-electron chi connectivity index (χ3n) is 2.30. The van der Waals surface area contributed by atoms with Gasteiger partial charge >= 0.3 is 0 Å². The summed E-state index contributed by atoms with van der Waals surface area (Å²) < 4.78 is 5.90. The van der Waals surface area contributed by atoms with E-state index in [1.54, 1.807) is 18.3 Å². The Labute approximate surface area is 102 Å². The van der Waals surface area contributed by atoms with Gasteiger partial charge in [-0.05, 0) is 46.6 Å². The molecular formula is C12H12BrNO2. The lowest BCUT2D eigenvalue weighted by atomic mass is 10.1. The molecule has 2 aromatic rings. The number of aromatic nitrogens is 1. The van der Waals surface area contributed by atoms with Gasteiger partial charge < -0.3 is 9.52 Å². The van der Waals surface area contributed by atoms with E-state index in [0.717, 1.165) is 11.3 Å². The molecule has 2 aromatic heterocycles. The van der Waals surface area contributed by atoms with Crippen LogP contribution in [0.3, 0.4) is 0 Å². The molecule has 2 rings (SSSR count). The zero-order chi connectivity index (χ0) is 11.5. The first-order valence-electron chi connectivity index (χ1n) is 5.00. The second kappa shape index (κ2) is 4.80. The lowest BCUT2D eigenvalue weighted by Gasteiger charge is -2.06. The van der Waals surface area contributed by atoms with E-state index in [1.165, 1.54) is 0 Å². The highest BCUT2D eigenvalue weighted by atomic mass is 79.9. The molecule has 16 heavy (non-hydrogen) atoms. The van der Waals surface area contributed by atoms with Gasteiger partial charge in [0.2, 0.25) is 0 Å². The van der Waals surface area contributed by atoms with Gasteiger partial charge in [0.1, 0.15) is 11.9 Å². The molecule has 84 valence electrons. The molecule has 0 aliphatic heterocycles. The minimum Gasteiger partial charge on any atom is -0.452 e. The van der Waals surface area contributed by atoms with Crippen molar-refractivity contribution < 1.29 is 9.52 Å². The van der Waals surface area contributed by atoms with E-state index in [1.807, 2.05) is 19.1 Å². The molecule has 1 unspecified atom stereocenters. The van der Waals surface area contributed by atoms with E-state index in [-0.39, 0.29) is 0 Å². The molecule has 0 saturated heterocycles. The van der Waals surface area contributed by atoms with Crippen LogP contribution in [0.4, 0.5) is 0 Å². The first kappa shape index (κ1) is 11.4. The van der Waals surface area contributed by atoms with E-state index in [0.29, 0.717) is 16.9 Å². The Balaban J connectivity index is 2.07. The van der Waals surface area contributed by atoms with E-state index in [2.05, 4.69) is 20.9 Å². The zero-order valence-electron chi connectivity index (χ0n) is 8.85. The highest BCUT2D eigenvalue weighted by molar-refractivity contribution is 9.10. The number of aryl methyl sites for hydroxylation is 1. The molecule has 2 heterocycles. The second-order valence-corrected chi connectivity index (χ2v) is 4.47. The van der Waals surface area contributed by atoms with Crippen LogP contribution in [0.15, 0.2) is 39.5 Å². The number of rotatable bonds is 3. The summed E-state index contributed by atoms with van der Waals surface area (Å²) in [6.07, 6.45) is 1.60. The normalized spacial score (nSPS) is 12.7. The van der Waals surface area contributed by atoms with Gasteiger partial charge in [-0.3, -0.25) is 4.98 Å².